The Morgan fingerprint density at radius 1 is 1.42 bits per heavy atom. The molecule has 1 aromatic heterocycles. The highest BCUT2D eigenvalue weighted by atomic mass is 16.5. The molecule has 0 fully saturated rings. The zero-order valence-electron chi connectivity index (χ0n) is 8.01. The van der Waals surface area contributed by atoms with Gasteiger partial charge in [-0.3, -0.25) is 4.98 Å². The van der Waals surface area contributed by atoms with Gasteiger partial charge in [0.05, 0.1) is 13.3 Å². The van der Waals surface area contributed by atoms with E-state index in [2.05, 4.69) is 32.0 Å². The van der Waals surface area contributed by atoms with Crippen LogP contribution in [0.2, 0.25) is 0 Å². The number of methoxy groups -OCH3 is 1. The second-order valence-corrected chi connectivity index (χ2v) is 3.75. The number of rotatable bonds is 1. The van der Waals surface area contributed by atoms with Gasteiger partial charge in [0.25, 0.3) is 0 Å². The van der Waals surface area contributed by atoms with Gasteiger partial charge in [-0.1, -0.05) is 20.8 Å². The van der Waals surface area contributed by atoms with Crippen molar-refractivity contribution in [1.82, 2.24) is 4.98 Å². The largest absolute Gasteiger partial charge is 0.496 e. The van der Waals surface area contributed by atoms with Crippen LogP contribution in [-0.2, 0) is 5.41 Å². The van der Waals surface area contributed by atoms with Crippen molar-refractivity contribution in [2.45, 2.75) is 26.2 Å². The van der Waals surface area contributed by atoms with Gasteiger partial charge in [-0.25, -0.2) is 0 Å². The van der Waals surface area contributed by atoms with E-state index >= 15 is 0 Å². The van der Waals surface area contributed by atoms with E-state index in [1.54, 1.807) is 13.3 Å². The van der Waals surface area contributed by atoms with E-state index in [4.69, 9.17) is 4.74 Å². The zero-order valence-corrected chi connectivity index (χ0v) is 8.01. The van der Waals surface area contributed by atoms with Crippen LogP contribution in [0, 0.1) is 6.20 Å². The van der Waals surface area contributed by atoms with Crippen molar-refractivity contribution in [3.63, 3.8) is 0 Å². The van der Waals surface area contributed by atoms with Crippen LogP contribution in [0.4, 0.5) is 0 Å². The zero-order chi connectivity index (χ0) is 9.19. The summed E-state index contributed by atoms with van der Waals surface area (Å²) < 4.78 is 5.20. The van der Waals surface area contributed by atoms with E-state index in [1.807, 2.05) is 6.07 Å². The van der Waals surface area contributed by atoms with E-state index in [1.165, 1.54) is 0 Å². The molecule has 2 nitrogen and oxygen atoms in total. The van der Waals surface area contributed by atoms with Crippen molar-refractivity contribution in [2.24, 2.45) is 0 Å². The van der Waals surface area contributed by atoms with Crippen molar-refractivity contribution in [3.8, 4) is 5.75 Å². The fourth-order valence-corrected chi connectivity index (χ4v) is 1.05. The van der Waals surface area contributed by atoms with Gasteiger partial charge in [0, 0.05) is 11.8 Å². The highest BCUT2D eigenvalue weighted by Gasteiger charge is 2.18. The van der Waals surface area contributed by atoms with Gasteiger partial charge in [0.1, 0.15) is 5.75 Å². The van der Waals surface area contributed by atoms with Gasteiger partial charge in [-0.05, 0) is 11.5 Å². The molecule has 0 saturated carbocycles. The summed E-state index contributed by atoms with van der Waals surface area (Å²) in [6.07, 6.45) is 4.64. The average Bonchev–Trinajstić information content (AvgIpc) is 2.03. The Hall–Kier alpha value is -1.05. The monoisotopic (exact) mass is 164 g/mol. The van der Waals surface area contributed by atoms with Crippen LogP contribution in [0.3, 0.4) is 0 Å². The minimum atomic E-state index is 0.0413. The summed E-state index contributed by atoms with van der Waals surface area (Å²) in [7, 11) is 1.67. The lowest BCUT2D eigenvalue weighted by molar-refractivity contribution is 0.396. The summed E-state index contributed by atoms with van der Waals surface area (Å²) in [6.45, 7) is 6.34. The summed E-state index contributed by atoms with van der Waals surface area (Å²) in [5.41, 5.74) is 1.06. The molecule has 1 radical (unpaired) electrons. The first kappa shape index (κ1) is 9.04. The number of nitrogens with zero attached hydrogens (tertiary/aromatic N) is 1. The molecule has 1 aromatic rings. The maximum absolute atomic E-state index is 5.20. The van der Waals surface area contributed by atoms with Crippen LogP contribution in [0.15, 0.2) is 12.3 Å². The first-order valence-corrected chi connectivity index (χ1v) is 3.97. The Morgan fingerprint density at radius 3 is 2.50 bits per heavy atom. The molecule has 65 valence electrons. The number of pyridine rings is 1. The summed E-state index contributed by atoms with van der Waals surface area (Å²) >= 11 is 0. The van der Waals surface area contributed by atoms with Crippen LogP contribution < -0.4 is 4.74 Å². The topological polar surface area (TPSA) is 22.1 Å². The van der Waals surface area contributed by atoms with Gasteiger partial charge >= 0.3 is 0 Å². The summed E-state index contributed by atoms with van der Waals surface area (Å²) in [5.74, 6) is 0.859. The fourth-order valence-electron chi connectivity index (χ4n) is 1.05. The smallest absolute Gasteiger partial charge is 0.126 e. The molecule has 0 atom stereocenters. The second-order valence-electron chi connectivity index (χ2n) is 3.75. The van der Waals surface area contributed by atoms with Crippen LogP contribution >= 0.6 is 0 Å². The van der Waals surface area contributed by atoms with Crippen LogP contribution in [-0.4, -0.2) is 12.1 Å². The molecule has 12 heavy (non-hydrogen) atoms. The number of aromatic nitrogens is 1. The minimum absolute atomic E-state index is 0.0413. The lowest BCUT2D eigenvalue weighted by atomic mass is 9.88. The second kappa shape index (κ2) is 3.13. The Bertz CT molecular complexity index is 263. The maximum Gasteiger partial charge on any atom is 0.126 e. The molecule has 1 heterocycles. The van der Waals surface area contributed by atoms with Crippen LogP contribution in [0.25, 0.3) is 0 Å². The van der Waals surface area contributed by atoms with Gasteiger partial charge in [-0.15, -0.1) is 0 Å². The molecule has 0 amide bonds. The molecule has 0 aliphatic rings. The van der Waals surface area contributed by atoms with Crippen LogP contribution in [0.5, 0.6) is 5.75 Å². The van der Waals surface area contributed by atoms with E-state index in [0.717, 1.165) is 11.3 Å². The molecule has 0 spiro atoms. The van der Waals surface area contributed by atoms with E-state index in [0.29, 0.717) is 0 Å². The summed E-state index contributed by atoms with van der Waals surface area (Å²) in [5, 5.41) is 0. The molecule has 0 unspecified atom stereocenters. The van der Waals surface area contributed by atoms with Crippen molar-refractivity contribution in [2.75, 3.05) is 7.11 Å². The molecule has 1 rings (SSSR count). The Labute approximate surface area is 73.6 Å². The summed E-state index contributed by atoms with van der Waals surface area (Å²) in [6, 6.07) is 1.86. The Kier molecular flexibility index (Phi) is 2.36. The van der Waals surface area contributed by atoms with E-state index in [9.17, 15) is 0 Å². The molecular weight excluding hydrogens is 150 g/mol. The highest BCUT2D eigenvalue weighted by molar-refractivity contribution is 5.34. The third-order valence-electron chi connectivity index (χ3n) is 1.69. The predicted octanol–water partition coefficient (Wildman–Crippen LogP) is 2.19. The third kappa shape index (κ3) is 1.76. The van der Waals surface area contributed by atoms with E-state index < -0.39 is 0 Å². The summed E-state index contributed by atoms with van der Waals surface area (Å²) in [4.78, 5) is 3.95. The van der Waals surface area contributed by atoms with Gasteiger partial charge in [0.15, 0.2) is 0 Å². The molecule has 0 aromatic carbocycles. The van der Waals surface area contributed by atoms with Crippen LogP contribution in [0.1, 0.15) is 26.3 Å². The quantitative estimate of drug-likeness (QED) is 0.634. The lowest BCUT2D eigenvalue weighted by Gasteiger charge is -2.20. The Morgan fingerprint density at radius 2 is 2.08 bits per heavy atom. The lowest BCUT2D eigenvalue weighted by Crippen LogP contribution is -2.13. The number of ether oxygens (including phenoxy) is 1. The number of hydrogen-bond acceptors (Lipinski definition) is 2. The number of hydrogen-bond donors (Lipinski definition) is 0. The molecule has 0 bridgehead atoms. The first-order chi connectivity index (χ1) is 5.55. The molecule has 0 saturated heterocycles. The molecular formula is C10H14NO. The average molecular weight is 164 g/mol. The van der Waals surface area contributed by atoms with Crippen molar-refractivity contribution >= 4 is 0 Å². The van der Waals surface area contributed by atoms with Crippen molar-refractivity contribution < 1.29 is 4.74 Å². The molecule has 0 aliphatic carbocycles. The maximum atomic E-state index is 5.20. The molecule has 0 N–H and O–H groups in total. The SMILES string of the molecule is COc1ccn[c]c1C(C)(C)C. The first-order valence-electron chi connectivity index (χ1n) is 3.97. The van der Waals surface area contributed by atoms with Gasteiger partial charge in [-0.2, -0.15) is 0 Å². The van der Waals surface area contributed by atoms with Gasteiger partial charge < -0.3 is 4.74 Å². The Balaban J connectivity index is 3.14. The fraction of sp³-hybridized carbons (Fsp3) is 0.500. The van der Waals surface area contributed by atoms with E-state index in [-0.39, 0.29) is 5.41 Å². The predicted molar refractivity (Wildman–Crippen MR) is 48.3 cm³/mol. The molecule has 2 heteroatoms. The highest BCUT2D eigenvalue weighted by Crippen LogP contribution is 2.29. The third-order valence-corrected chi connectivity index (χ3v) is 1.69. The van der Waals surface area contributed by atoms with Gasteiger partial charge in [0.2, 0.25) is 0 Å². The molecule has 0 aliphatic heterocycles. The van der Waals surface area contributed by atoms with Crippen molar-refractivity contribution in [3.05, 3.63) is 24.0 Å². The standard InChI is InChI=1S/C10H14NO/c1-10(2,3)8-7-11-6-5-9(8)12-4/h5-6H,1-4H3. The normalized spacial score (nSPS) is 11.3. The minimum Gasteiger partial charge on any atom is -0.496 e. The van der Waals surface area contributed by atoms with Crippen molar-refractivity contribution in [1.29, 1.82) is 0 Å².